The number of allylic oxidation sites excluding steroid dienone is 2. The number of aromatic nitrogens is 2. The minimum atomic E-state index is -1.21. The Balaban J connectivity index is 1.40. The van der Waals surface area contributed by atoms with Crippen molar-refractivity contribution in [2.75, 3.05) is 18.6 Å². The van der Waals surface area contributed by atoms with Gasteiger partial charge in [-0.15, -0.1) is 23.1 Å². The molecule has 4 N–H and O–H groups in total. The molecular formula is C23H21N6O5S3+. The topological polar surface area (TPSA) is 151 Å². The molecule has 2 aliphatic rings. The third-order valence-electron chi connectivity index (χ3n) is 5.88. The van der Waals surface area contributed by atoms with Crippen molar-refractivity contribution in [2.24, 2.45) is 5.16 Å². The number of β-lactam (4-membered cyclic amide) rings is 1. The molecule has 37 heavy (non-hydrogen) atoms. The van der Waals surface area contributed by atoms with E-state index < -0.39 is 29.9 Å². The Morgan fingerprint density at radius 1 is 1.38 bits per heavy atom. The number of anilines is 1. The van der Waals surface area contributed by atoms with Crippen LogP contribution in [-0.4, -0.2) is 63.4 Å². The van der Waals surface area contributed by atoms with Gasteiger partial charge in [0, 0.05) is 35.1 Å². The summed E-state index contributed by atoms with van der Waals surface area (Å²) < 4.78 is 1.99. The number of carboxylic acids is 1. The van der Waals surface area contributed by atoms with E-state index >= 15 is 0 Å². The predicted molar refractivity (Wildman–Crippen MR) is 142 cm³/mol. The summed E-state index contributed by atoms with van der Waals surface area (Å²) in [6.07, 6.45) is 3.69. The number of pyridine rings is 1. The first-order valence-electron chi connectivity index (χ1n) is 10.9. The Hall–Kier alpha value is -3.75. The standard InChI is InChI=1S/C23H20N6O5S3/c1-11(28-6-3-4-12-5-7-35-21(12)28)8-15-18(22(32)33)29-14(10-36-15)17(20(29)31)26-19(30)16(27-34-2)13-9-37-23(24)25-13/h3-9,14,17H,10H2,1-2H3,(H3-,24,25,26,30,32,33)/p+1/b11-8+,27-16-. The van der Waals surface area contributed by atoms with Gasteiger partial charge in [0.15, 0.2) is 22.7 Å². The zero-order valence-corrected chi connectivity index (χ0v) is 22.0. The highest BCUT2D eigenvalue weighted by Crippen LogP contribution is 2.40. The van der Waals surface area contributed by atoms with Gasteiger partial charge >= 0.3 is 5.97 Å². The van der Waals surface area contributed by atoms with E-state index in [1.54, 1.807) is 22.8 Å². The quantitative estimate of drug-likeness (QED) is 0.172. The van der Waals surface area contributed by atoms with Gasteiger partial charge < -0.3 is 21.0 Å². The lowest BCUT2D eigenvalue weighted by molar-refractivity contribution is -0.550. The van der Waals surface area contributed by atoms with Crippen molar-refractivity contribution in [1.82, 2.24) is 15.2 Å². The van der Waals surface area contributed by atoms with Crippen LogP contribution in [0, 0.1) is 0 Å². The van der Waals surface area contributed by atoms with E-state index in [1.165, 1.54) is 23.8 Å². The van der Waals surface area contributed by atoms with Crippen LogP contribution in [0.3, 0.4) is 0 Å². The fourth-order valence-corrected chi connectivity index (χ4v) is 6.95. The van der Waals surface area contributed by atoms with Gasteiger partial charge in [0.2, 0.25) is 0 Å². The average Bonchev–Trinajstić information content (AvgIpc) is 3.53. The number of hydrogen-bond acceptors (Lipinski definition) is 10. The number of carboxylic acid groups (broad SMARTS) is 1. The molecule has 5 heterocycles. The monoisotopic (exact) mass is 557 g/mol. The highest BCUT2D eigenvalue weighted by Gasteiger charge is 2.54. The van der Waals surface area contributed by atoms with Crippen LogP contribution in [0.5, 0.6) is 0 Å². The molecule has 2 atom stereocenters. The number of oxime groups is 1. The molecule has 0 aromatic carbocycles. The molecule has 3 aromatic rings. The lowest BCUT2D eigenvalue weighted by Crippen LogP contribution is -2.73. The van der Waals surface area contributed by atoms with E-state index in [0.717, 1.165) is 27.3 Å². The molecule has 1 saturated heterocycles. The van der Waals surface area contributed by atoms with E-state index in [0.29, 0.717) is 10.7 Å². The molecule has 0 aliphatic carbocycles. The predicted octanol–water partition coefficient (Wildman–Crippen LogP) is 1.88. The number of nitrogens with zero attached hydrogens (tertiary/aromatic N) is 4. The first-order chi connectivity index (χ1) is 17.8. The molecule has 0 saturated carbocycles. The molecule has 190 valence electrons. The number of fused-ring (bicyclic) bond motifs is 2. The minimum absolute atomic E-state index is 0.104. The maximum atomic E-state index is 13.1. The summed E-state index contributed by atoms with van der Waals surface area (Å²) >= 11 is 4.05. The maximum absolute atomic E-state index is 13.1. The van der Waals surface area contributed by atoms with E-state index in [9.17, 15) is 19.5 Å². The fourth-order valence-electron chi connectivity index (χ4n) is 4.20. The molecule has 14 heteroatoms. The first kappa shape index (κ1) is 24.9. The van der Waals surface area contributed by atoms with Crippen LogP contribution in [-0.2, 0) is 19.2 Å². The molecule has 0 bridgehead atoms. The molecule has 2 amide bonds. The van der Waals surface area contributed by atoms with Crippen molar-refractivity contribution < 1.29 is 28.9 Å². The molecule has 2 unspecified atom stereocenters. The van der Waals surface area contributed by atoms with E-state index in [-0.39, 0.29) is 22.2 Å². The lowest BCUT2D eigenvalue weighted by Gasteiger charge is -2.49. The van der Waals surface area contributed by atoms with Crippen LogP contribution >= 0.6 is 34.4 Å². The Bertz CT molecular complexity index is 1520. The summed E-state index contributed by atoms with van der Waals surface area (Å²) in [5, 5.41) is 21.3. The third kappa shape index (κ3) is 4.47. The lowest BCUT2D eigenvalue weighted by atomic mass is 9.94. The van der Waals surface area contributed by atoms with Crippen molar-refractivity contribution in [1.29, 1.82) is 0 Å². The minimum Gasteiger partial charge on any atom is -0.477 e. The Labute approximate surface area is 222 Å². The van der Waals surface area contributed by atoms with Gasteiger partial charge in [-0.3, -0.25) is 14.5 Å². The summed E-state index contributed by atoms with van der Waals surface area (Å²) in [5.41, 5.74) is 6.46. The molecule has 0 radical (unpaired) electrons. The van der Waals surface area contributed by atoms with E-state index in [4.69, 9.17) is 10.6 Å². The number of hydrogen-bond donors (Lipinski definition) is 3. The van der Waals surface area contributed by atoms with Crippen molar-refractivity contribution >= 4 is 79.0 Å². The number of rotatable bonds is 7. The van der Waals surface area contributed by atoms with Crippen LogP contribution in [0.4, 0.5) is 5.13 Å². The van der Waals surface area contributed by atoms with Gasteiger partial charge in [-0.05, 0) is 17.5 Å². The van der Waals surface area contributed by atoms with Crippen molar-refractivity contribution in [3.8, 4) is 0 Å². The molecule has 0 spiro atoms. The maximum Gasteiger partial charge on any atom is 0.353 e. The third-order valence-corrected chi connectivity index (χ3v) is 8.61. The van der Waals surface area contributed by atoms with Gasteiger partial charge in [0.05, 0.1) is 11.4 Å². The number of thioether (sulfide) groups is 1. The van der Waals surface area contributed by atoms with E-state index in [2.05, 4.69) is 15.5 Å². The van der Waals surface area contributed by atoms with Crippen LogP contribution < -0.4 is 15.6 Å². The average molecular weight is 558 g/mol. The first-order valence-corrected chi connectivity index (χ1v) is 13.7. The number of amides is 2. The number of nitrogens with one attached hydrogen (secondary N) is 1. The highest BCUT2D eigenvalue weighted by molar-refractivity contribution is 8.03. The van der Waals surface area contributed by atoms with Crippen molar-refractivity contribution in [2.45, 2.75) is 19.0 Å². The van der Waals surface area contributed by atoms with Crippen LogP contribution in [0.25, 0.3) is 15.9 Å². The summed E-state index contributed by atoms with van der Waals surface area (Å²) in [5.74, 6) is -1.99. The van der Waals surface area contributed by atoms with Crippen LogP contribution in [0.2, 0.25) is 0 Å². The van der Waals surface area contributed by atoms with Gasteiger partial charge in [-0.25, -0.2) is 9.78 Å². The molecular weight excluding hydrogens is 536 g/mol. The number of carbonyl (C=O) groups excluding carboxylic acids is 2. The number of nitrogens with two attached hydrogens (primary N) is 1. The fraction of sp³-hybridized carbons (Fsp3) is 0.217. The summed E-state index contributed by atoms with van der Waals surface area (Å²) in [4.78, 5) is 49.8. The second-order valence-corrected chi connectivity index (χ2v) is 10.9. The normalized spacial score (nSPS) is 20.1. The largest absolute Gasteiger partial charge is 0.477 e. The van der Waals surface area contributed by atoms with Gasteiger partial charge in [-0.2, -0.15) is 4.57 Å². The van der Waals surface area contributed by atoms with Gasteiger partial charge in [-0.1, -0.05) is 16.5 Å². The van der Waals surface area contributed by atoms with Crippen LogP contribution in [0.15, 0.2) is 57.0 Å². The molecule has 11 nitrogen and oxygen atoms in total. The smallest absolute Gasteiger partial charge is 0.353 e. The van der Waals surface area contributed by atoms with Crippen LogP contribution in [0.1, 0.15) is 12.6 Å². The molecule has 5 rings (SSSR count). The zero-order valence-electron chi connectivity index (χ0n) is 19.6. The molecule has 1 fully saturated rings. The molecule has 3 aromatic heterocycles. The number of thiophene rings is 1. The van der Waals surface area contributed by atoms with E-state index in [1.807, 2.05) is 41.3 Å². The molecule has 2 aliphatic heterocycles. The van der Waals surface area contributed by atoms with Gasteiger partial charge in [0.25, 0.3) is 16.6 Å². The number of thiazole rings is 1. The summed E-state index contributed by atoms with van der Waals surface area (Å²) in [7, 11) is 1.29. The SMILES string of the molecule is CO/N=C(\C(=O)NC1C(=O)N2C(C(=O)O)=C(/C=C(\C)[n+]3cccc4ccsc43)SCC12)c1csc(N)n1. The van der Waals surface area contributed by atoms with Crippen molar-refractivity contribution in [3.05, 3.63) is 57.5 Å². The van der Waals surface area contributed by atoms with Crippen molar-refractivity contribution in [3.63, 3.8) is 0 Å². The number of aliphatic carboxylic acids is 1. The Kier molecular flexibility index (Phi) is 6.70. The second-order valence-electron chi connectivity index (χ2n) is 8.09. The number of carbonyl (C=O) groups is 3. The number of nitrogen functional groups attached to an aromatic ring is 1. The Morgan fingerprint density at radius 3 is 2.89 bits per heavy atom. The Morgan fingerprint density at radius 2 is 2.19 bits per heavy atom. The summed E-state index contributed by atoms with van der Waals surface area (Å²) in [6.45, 7) is 1.89. The zero-order chi connectivity index (χ0) is 26.3. The highest BCUT2D eigenvalue weighted by atomic mass is 32.2. The second kappa shape index (κ2) is 9.95. The summed E-state index contributed by atoms with van der Waals surface area (Å²) in [6, 6.07) is 4.52. The van der Waals surface area contributed by atoms with Gasteiger partial charge in [0.1, 0.15) is 24.5 Å².